The highest BCUT2D eigenvalue weighted by Gasteiger charge is 2.29. The molecule has 0 rings (SSSR count). The van der Waals surface area contributed by atoms with Crippen molar-refractivity contribution >= 4 is 11.9 Å². The van der Waals surface area contributed by atoms with Gasteiger partial charge in [-0.05, 0) is 18.9 Å². The lowest BCUT2D eigenvalue weighted by Crippen LogP contribution is -2.46. The predicted molar refractivity (Wildman–Crippen MR) is 74.2 cm³/mol. The quantitative estimate of drug-likeness (QED) is 0.565. The Bertz CT molecular complexity index is 281. The van der Waals surface area contributed by atoms with E-state index in [-0.39, 0.29) is 12.3 Å². The van der Waals surface area contributed by atoms with Crippen LogP contribution >= 0.6 is 0 Å². The van der Waals surface area contributed by atoms with Gasteiger partial charge in [-0.1, -0.05) is 40.0 Å². The molecule has 0 aliphatic rings. The minimum Gasteiger partial charge on any atom is -0.481 e. The second-order valence-corrected chi connectivity index (χ2v) is 5.06. The van der Waals surface area contributed by atoms with Crippen molar-refractivity contribution in [2.75, 3.05) is 13.1 Å². The van der Waals surface area contributed by atoms with Gasteiger partial charge < -0.3 is 10.2 Å². The van der Waals surface area contributed by atoms with Crippen LogP contribution in [0, 0.1) is 5.92 Å². The number of carboxylic acid groups (broad SMARTS) is 2. The van der Waals surface area contributed by atoms with Crippen LogP contribution in [0.5, 0.6) is 0 Å². The van der Waals surface area contributed by atoms with Crippen molar-refractivity contribution in [3.05, 3.63) is 0 Å². The summed E-state index contributed by atoms with van der Waals surface area (Å²) in [4.78, 5) is 23.9. The molecule has 0 radical (unpaired) electrons. The largest absolute Gasteiger partial charge is 0.481 e. The van der Waals surface area contributed by atoms with Crippen LogP contribution in [-0.2, 0) is 9.59 Å². The minimum absolute atomic E-state index is 0.00760. The third kappa shape index (κ3) is 7.15. The zero-order chi connectivity index (χ0) is 14.8. The van der Waals surface area contributed by atoms with E-state index in [1.165, 1.54) is 0 Å². The normalized spacial score (nSPS) is 14.3. The summed E-state index contributed by atoms with van der Waals surface area (Å²) >= 11 is 0. The Balaban J connectivity index is 4.71. The molecule has 0 spiro atoms. The van der Waals surface area contributed by atoms with E-state index in [2.05, 4.69) is 6.92 Å². The first-order valence-corrected chi connectivity index (χ1v) is 7.12. The monoisotopic (exact) mass is 273 g/mol. The number of hydrogen-bond acceptors (Lipinski definition) is 3. The molecule has 2 unspecified atom stereocenters. The average Bonchev–Trinajstić information content (AvgIpc) is 2.34. The fourth-order valence-electron chi connectivity index (χ4n) is 2.18. The highest BCUT2D eigenvalue weighted by atomic mass is 16.4. The SMILES string of the molecule is CCCCCN(CCC(=O)O)C(C(=O)O)C(C)CC. The number of nitrogens with zero attached hydrogens (tertiary/aromatic N) is 1. The van der Waals surface area contributed by atoms with Gasteiger partial charge in [0.2, 0.25) is 0 Å². The number of carbonyl (C=O) groups is 2. The smallest absolute Gasteiger partial charge is 0.321 e. The molecule has 0 aromatic carbocycles. The topological polar surface area (TPSA) is 77.8 Å². The van der Waals surface area contributed by atoms with E-state index in [1.54, 1.807) is 0 Å². The van der Waals surface area contributed by atoms with E-state index in [0.29, 0.717) is 13.1 Å². The summed E-state index contributed by atoms with van der Waals surface area (Å²) in [7, 11) is 0. The summed E-state index contributed by atoms with van der Waals surface area (Å²) in [6, 6.07) is -0.582. The maximum Gasteiger partial charge on any atom is 0.321 e. The summed E-state index contributed by atoms with van der Waals surface area (Å²) in [5.41, 5.74) is 0. The van der Waals surface area contributed by atoms with Crippen LogP contribution in [-0.4, -0.2) is 46.2 Å². The lowest BCUT2D eigenvalue weighted by atomic mass is 9.97. The van der Waals surface area contributed by atoms with Crippen LogP contribution in [0.4, 0.5) is 0 Å². The van der Waals surface area contributed by atoms with E-state index in [9.17, 15) is 14.7 Å². The standard InChI is InChI=1S/C14H27NO4/c1-4-6-7-9-15(10-8-12(16)17)13(14(18)19)11(3)5-2/h11,13H,4-10H2,1-3H3,(H,16,17)(H,18,19). The third-order valence-corrected chi connectivity index (χ3v) is 3.49. The molecule has 0 bridgehead atoms. The Kier molecular flexibility index (Phi) is 9.21. The lowest BCUT2D eigenvalue weighted by Gasteiger charge is -2.32. The summed E-state index contributed by atoms with van der Waals surface area (Å²) in [5.74, 6) is -1.71. The number of aliphatic carboxylic acids is 2. The molecule has 0 aromatic heterocycles. The van der Waals surface area contributed by atoms with Crippen molar-refractivity contribution in [2.45, 2.75) is 58.9 Å². The first kappa shape index (κ1) is 17.9. The minimum atomic E-state index is -0.881. The molecular formula is C14H27NO4. The van der Waals surface area contributed by atoms with Gasteiger partial charge in [-0.3, -0.25) is 14.5 Å². The Morgan fingerprint density at radius 1 is 1.11 bits per heavy atom. The molecule has 0 amide bonds. The van der Waals surface area contributed by atoms with E-state index in [4.69, 9.17) is 5.11 Å². The van der Waals surface area contributed by atoms with Crippen LogP contribution in [0.2, 0.25) is 0 Å². The number of unbranched alkanes of at least 4 members (excludes halogenated alkanes) is 2. The molecule has 19 heavy (non-hydrogen) atoms. The fourth-order valence-corrected chi connectivity index (χ4v) is 2.18. The molecule has 5 nitrogen and oxygen atoms in total. The van der Waals surface area contributed by atoms with Crippen LogP contribution in [0.1, 0.15) is 52.9 Å². The first-order valence-electron chi connectivity index (χ1n) is 7.12. The predicted octanol–water partition coefficient (Wildman–Crippen LogP) is 2.45. The van der Waals surface area contributed by atoms with Gasteiger partial charge in [0.05, 0.1) is 6.42 Å². The second kappa shape index (κ2) is 9.78. The maximum absolute atomic E-state index is 11.4. The van der Waals surface area contributed by atoms with Gasteiger partial charge in [0.15, 0.2) is 0 Å². The summed E-state index contributed by atoms with van der Waals surface area (Å²) < 4.78 is 0. The van der Waals surface area contributed by atoms with Gasteiger partial charge in [0.1, 0.15) is 6.04 Å². The fraction of sp³-hybridized carbons (Fsp3) is 0.857. The maximum atomic E-state index is 11.4. The molecule has 0 saturated carbocycles. The molecular weight excluding hydrogens is 246 g/mol. The molecule has 2 atom stereocenters. The molecule has 0 fully saturated rings. The van der Waals surface area contributed by atoms with Gasteiger partial charge in [-0.2, -0.15) is 0 Å². The van der Waals surface area contributed by atoms with E-state index < -0.39 is 18.0 Å². The summed E-state index contributed by atoms with van der Waals surface area (Å²) in [5, 5.41) is 18.2. The van der Waals surface area contributed by atoms with Crippen molar-refractivity contribution in [1.29, 1.82) is 0 Å². The third-order valence-electron chi connectivity index (χ3n) is 3.49. The molecule has 2 N–H and O–H groups in total. The average molecular weight is 273 g/mol. The Morgan fingerprint density at radius 2 is 1.74 bits per heavy atom. The molecule has 0 saturated heterocycles. The van der Waals surface area contributed by atoms with E-state index in [0.717, 1.165) is 25.7 Å². The Morgan fingerprint density at radius 3 is 2.16 bits per heavy atom. The van der Waals surface area contributed by atoms with Gasteiger partial charge in [0.25, 0.3) is 0 Å². The summed E-state index contributed by atoms with van der Waals surface area (Å²) in [6.45, 7) is 6.92. The van der Waals surface area contributed by atoms with Crippen molar-refractivity contribution in [2.24, 2.45) is 5.92 Å². The second-order valence-electron chi connectivity index (χ2n) is 5.06. The lowest BCUT2D eigenvalue weighted by molar-refractivity contribution is -0.147. The van der Waals surface area contributed by atoms with Crippen LogP contribution in [0.15, 0.2) is 0 Å². The Labute approximate surface area is 115 Å². The highest BCUT2D eigenvalue weighted by Crippen LogP contribution is 2.17. The van der Waals surface area contributed by atoms with E-state index in [1.807, 2.05) is 18.7 Å². The number of carboxylic acids is 2. The van der Waals surface area contributed by atoms with Gasteiger partial charge in [-0.25, -0.2) is 0 Å². The zero-order valence-corrected chi connectivity index (χ0v) is 12.3. The molecule has 0 heterocycles. The van der Waals surface area contributed by atoms with Crippen molar-refractivity contribution in [1.82, 2.24) is 4.90 Å². The number of rotatable bonds is 11. The van der Waals surface area contributed by atoms with Crippen molar-refractivity contribution in [3.63, 3.8) is 0 Å². The molecule has 5 heteroatoms. The van der Waals surface area contributed by atoms with Gasteiger partial charge >= 0.3 is 11.9 Å². The highest BCUT2D eigenvalue weighted by molar-refractivity contribution is 5.74. The molecule has 112 valence electrons. The molecule has 0 aromatic rings. The van der Waals surface area contributed by atoms with E-state index >= 15 is 0 Å². The van der Waals surface area contributed by atoms with Crippen LogP contribution in [0.25, 0.3) is 0 Å². The van der Waals surface area contributed by atoms with Crippen LogP contribution < -0.4 is 0 Å². The molecule has 0 aliphatic heterocycles. The number of hydrogen-bond donors (Lipinski definition) is 2. The van der Waals surface area contributed by atoms with Crippen molar-refractivity contribution < 1.29 is 19.8 Å². The van der Waals surface area contributed by atoms with Crippen LogP contribution in [0.3, 0.4) is 0 Å². The Hall–Kier alpha value is -1.10. The zero-order valence-electron chi connectivity index (χ0n) is 12.3. The molecule has 0 aliphatic carbocycles. The van der Waals surface area contributed by atoms with Gasteiger partial charge in [-0.15, -0.1) is 0 Å². The first-order chi connectivity index (χ1) is 8.93. The van der Waals surface area contributed by atoms with Crippen molar-refractivity contribution in [3.8, 4) is 0 Å². The van der Waals surface area contributed by atoms with Gasteiger partial charge in [0, 0.05) is 6.54 Å². The summed E-state index contributed by atoms with van der Waals surface area (Å²) in [6.07, 6.45) is 3.78.